The Balaban J connectivity index is 2.21. The maximum absolute atomic E-state index is 5.30. The van der Waals surface area contributed by atoms with Gasteiger partial charge in [-0.15, -0.1) is 6.42 Å². The van der Waals surface area contributed by atoms with Crippen LogP contribution in [0, 0.1) is 12.3 Å². The van der Waals surface area contributed by atoms with E-state index in [1.165, 1.54) is 0 Å². The van der Waals surface area contributed by atoms with Crippen molar-refractivity contribution >= 4 is 5.82 Å². The van der Waals surface area contributed by atoms with E-state index in [4.69, 9.17) is 17.0 Å². The molecule has 0 atom stereocenters. The van der Waals surface area contributed by atoms with Crippen molar-refractivity contribution in [2.45, 2.75) is 18.8 Å². The Bertz CT molecular complexity index is 395. The first kappa shape index (κ1) is 9.74. The molecular formula is C10H12N4O. The summed E-state index contributed by atoms with van der Waals surface area (Å²) in [6, 6.07) is 1.63. The molecule has 0 bridgehead atoms. The van der Waals surface area contributed by atoms with Gasteiger partial charge in [-0.25, -0.2) is 10.8 Å². The Hall–Kier alpha value is -1.80. The van der Waals surface area contributed by atoms with Crippen LogP contribution in [0.5, 0.6) is 5.88 Å². The molecule has 2 rings (SSSR count). The number of rotatable bonds is 4. The molecule has 5 heteroatoms. The van der Waals surface area contributed by atoms with Gasteiger partial charge in [0.15, 0.2) is 6.61 Å². The smallest absolute Gasteiger partial charge is 0.219 e. The largest absolute Gasteiger partial charge is 0.464 e. The van der Waals surface area contributed by atoms with Gasteiger partial charge in [-0.05, 0) is 12.8 Å². The summed E-state index contributed by atoms with van der Waals surface area (Å²) in [5.74, 6) is 9.93. The highest BCUT2D eigenvalue weighted by Crippen LogP contribution is 2.38. The second kappa shape index (κ2) is 4.15. The maximum Gasteiger partial charge on any atom is 0.219 e. The van der Waals surface area contributed by atoms with Crippen molar-refractivity contribution in [3.05, 3.63) is 11.9 Å². The molecule has 78 valence electrons. The lowest BCUT2D eigenvalue weighted by atomic mass is 10.4. The van der Waals surface area contributed by atoms with Crippen LogP contribution in [0.3, 0.4) is 0 Å². The number of anilines is 1. The summed E-state index contributed by atoms with van der Waals surface area (Å²) in [5.41, 5.74) is 2.48. The molecule has 0 unspecified atom stereocenters. The van der Waals surface area contributed by atoms with Crippen LogP contribution in [0.4, 0.5) is 5.82 Å². The number of aromatic nitrogens is 2. The van der Waals surface area contributed by atoms with Crippen LogP contribution in [0.2, 0.25) is 0 Å². The fourth-order valence-electron chi connectivity index (χ4n) is 1.23. The molecule has 5 nitrogen and oxygen atoms in total. The highest BCUT2D eigenvalue weighted by atomic mass is 16.5. The van der Waals surface area contributed by atoms with E-state index in [-0.39, 0.29) is 6.61 Å². The molecule has 15 heavy (non-hydrogen) atoms. The van der Waals surface area contributed by atoms with Crippen molar-refractivity contribution in [1.29, 1.82) is 0 Å². The van der Waals surface area contributed by atoms with E-state index in [9.17, 15) is 0 Å². The fraction of sp³-hybridized carbons (Fsp3) is 0.400. The molecule has 0 spiro atoms. The van der Waals surface area contributed by atoms with Crippen LogP contribution in [0.15, 0.2) is 6.07 Å². The molecule has 1 saturated carbocycles. The number of nitrogens with one attached hydrogen (secondary N) is 1. The fourth-order valence-corrected chi connectivity index (χ4v) is 1.23. The predicted octanol–water partition coefficient (Wildman–Crippen LogP) is 0.652. The predicted molar refractivity (Wildman–Crippen MR) is 56.1 cm³/mol. The lowest BCUT2D eigenvalue weighted by Crippen LogP contribution is -2.11. The highest BCUT2D eigenvalue weighted by molar-refractivity contribution is 5.38. The molecule has 0 saturated heterocycles. The lowest BCUT2D eigenvalue weighted by Gasteiger charge is -2.06. The molecule has 1 aliphatic rings. The number of nitrogens with zero attached hydrogens (tertiary/aromatic N) is 2. The topological polar surface area (TPSA) is 73.1 Å². The molecule has 1 aromatic heterocycles. The van der Waals surface area contributed by atoms with E-state index in [1.807, 2.05) is 0 Å². The standard InChI is InChI=1S/C10H12N4O/c1-2-5-15-9-6-8(14-11)12-10(13-9)7-3-4-7/h1,6-7H,3-5,11H2,(H,12,13,14). The van der Waals surface area contributed by atoms with Crippen LogP contribution in [-0.2, 0) is 0 Å². The number of hydrazine groups is 1. The Morgan fingerprint density at radius 3 is 3.00 bits per heavy atom. The molecule has 0 amide bonds. The van der Waals surface area contributed by atoms with Gasteiger partial charge in [0.05, 0.1) is 0 Å². The molecule has 1 aromatic rings. The number of hydrogen-bond acceptors (Lipinski definition) is 5. The van der Waals surface area contributed by atoms with Gasteiger partial charge in [-0.3, -0.25) is 0 Å². The van der Waals surface area contributed by atoms with Crippen LogP contribution in [0.1, 0.15) is 24.6 Å². The van der Waals surface area contributed by atoms with Crippen LogP contribution >= 0.6 is 0 Å². The van der Waals surface area contributed by atoms with Gasteiger partial charge >= 0.3 is 0 Å². The third-order valence-electron chi connectivity index (χ3n) is 2.11. The number of hydrogen-bond donors (Lipinski definition) is 2. The van der Waals surface area contributed by atoms with Gasteiger partial charge < -0.3 is 10.2 Å². The zero-order valence-electron chi connectivity index (χ0n) is 8.23. The van der Waals surface area contributed by atoms with Crippen molar-refractivity contribution in [3.8, 4) is 18.2 Å². The Morgan fingerprint density at radius 1 is 1.60 bits per heavy atom. The van der Waals surface area contributed by atoms with Crippen LogP contribution in [-0.4, -0.2) is 16.6 Å². The maximum atomic E-state index is 5.30. The van der Waals surface area contributed by atoms with Gasteiger partial charge in [0.2, 0.25) is 5.88 Å². The minimum atomic E-state index is 0.200. The molecule has 0 radical (unpaired) electrons. The molecule has 0 aromatic carbocycles. The molecule has 3 N–H and O–H groups in total. The monoisotopic (exact) mass is 204 g/mol. The number of ether oxygens (including phenoxy) is 1. The Kier molecular flexibility index (Phi) is 2.70. The summed E-state index contributed by atoms with van der Waals surface area (Å²) in [7, 11) is 0. The summed E-state index contributed by atoms with van der Waals surface area (Å²) < 4.78 is 5.23. The van der Waals surface area contributed by atoms with E-state index in [0.29, 0.717) is 17.6 Å². The molecule has 1 fully saturated rings. The van der Waals surface area contributed by atoms with Crippen molar-refractivity contribution in [1.82, 2.24) is 9.97 Å². The first-order valence-electron chi connectivity index (χ1n) is 4.75. The summed E-state index contributed by atoms with van der Waals surface area (Å²) in [6.45, 7) is 0.200. The second-order valence-corrected chi connectivity index (χ2v) is 3.36. The molecule has 1 heterocycles. The zero-order valence-corrected chi connectivity index (χ0v) is 8.23. The third-order valence-corrected chi connectivity index (χ3v) is 2.11. The summed E-state index contributed by atoms with van der Waals surface area (Å²) in [6.07, 6.45) is 7.35. The van der Waals surface area contributed by atoms with E-state index < -0.39 is 0 Å². The molecule has 1 aliphatic carbocycles. The Labute approximate surface area is 88.0 Å². The summed E-state index contributed by atoms with van der Waals surface area (Å²) >= 11 is 0. The van der Waals surface area contributed by atoms with Crippen LogP contribution < -0.4 is 16.0 Å². The third kappa shape index (κ3) is 2.36. The summed E-state index contributed by atoms with van der Waals surface area (Å²) in [4.78, 5) is 8.50. The number of nitrogen functional groups attached to an aromatic ring is 1. The van der Waals surface area contributed by atoms with Gasteiger partial charge in [0, 0.05) is 12.0 Å². The van der Waals surface area contributed by atoms with Crippen molar-refractivity contribution < 1.29 is 4.74 Å². The van der Waals surface area contributed by atoms with Crippen LogP contribution in [0.25, 0.3) is 0 Å². The van der Waals surface area contributed by atoms with E-state index >= 15 is 0 Å². The van der Waals surface area contributed by atoms with E-state index in [1.54, 1.807) is 6.07 Å². The quantitative estimate of drug-likeness (QED) is 0.428. The number of nitrogens with two attached hydrogens (primary N) is 1. The SMILES string of the molecule is C#CCOc1cc(NN)nc(C2CC2)n1. The average Bonchev–Trinajstić information content (AvgIpc) is 3.09. The summed E-state index contributed by atoms with van der Waals surface area (Å²) in [5, 5.41) is 0. The first-order chi connectivity index (χ1) is 7.33. The van der Waals surface area contributed by atoms with Gasteiger partial charge in [0.25, 0.3) is 0 Å². The minimum absolute atomic E-state index is 0.200. The number of terminal acetylenes is 1. The normalized spacial score (nSPS) is 14.4. The van der Waals surface area contributed by atoms with Gasteiger partial charge in [-0.2, -0.15) is 4.98 Å². The van der Waals surface area contributed by atoms with E-state index in [0.717, 1.165) is 18.7 Å². The van der Waals surface area contributed by atoms with Crippen molar-refractivity contribution in [2.24, 2.45) is 5.84 Å². The lowest BCUT2D eigenvalue weighted by molar-refractivity contribution is 0.353. The second-order valence-electron chi connectivity index (χ2n) is 3.36. The van der Waals surface area contributed by atoms with Crippen molar-refractivity contribution in [3.63, 3.8) is 0 Å². The van der Waals surface area contributed by atoms with Gasteiger partial charge in [0.1, 0.15) is 11.6 Å². The van der Waals surface area contributed by atoms with Crippen molar-refractivity contribution in [2.75, 3.05) is 12.0 Å². The van der Waals surface area contributed by atoms with E-state index in [2.05, 4.69) is 21.3 Å². The molecule has 0 aliphatic heterocycles. The average molecular weight is 204 g/mol. The highest BCUT2D eigenvalue weighted by Gasteiger charge is 2.27. The van der Waals surface area contributed by atoms with Gasteiger partial charge in [-0.1, -0.05) is 5.92 Å². The Morgan fingerprint density at radius 2 is 2.40 bits per heavy atom. The molecular weight excluding hydrogens is 192 g/mol. The zero-order chi connectivity index (χ0) is 10.7. The minimum Gasteiger partial charge on any atom is -0.464 e. The first-order valence-corrected chi connectivity index (χ1v) is 4.75.